The Hall–Kier alpha value is -3.74. The highest BCUT2D eigenvalue weighted by atomic mass is 16.7. The molecule has 0 radical (unpaired) electrons. The van der Waals surface area contributed by atoms with E-state index in [0.717, 1.165) is 27.4 Å². The molecule has 3 aromatic carbocycles. The molecule has 0 fully saturated rings. The van der Waals surface area contributed by atoms with Crippen molar-refractivity contribution in [1.82, 2.24) is 9.78 Å². The number of hydrogen-bond donors (Lipinski definition) is 2. The zero-order chi connectivity index (χ0) is 18.5. The molecular formula is C20H16N4O3. The van der Waals surface area contributed by atoms with Crippen LogP contribution >= 0.6 is 0 Å². The zero-order valence-electron chi connectivity index (χ0n) is 14.3. The van der Waals surface area contributed by atoms with E-state index in [1.807, 2.05) is 48.5 Å². The molecule has 4 N–H and O–H groups in total. The second-order valence-electron chi connectivity index (χ2n) is 6.48. The topological polar surface area (TPSA) is 105 Å². The first-order chi connectivity index (χ1) is 13.1. The normalized spacial score (nSPS) is 12.7. The molecule has 0 atom stereocenters. The summed E-state index contributed by atoms with van der Waals surface area (Å²) < 4.78 is 12.7. The maximum absolute atomic E-state index is 11.5. The minimum Gasteiger partial charge on any atom is -0.454 e. The minimum absolute atomic E-state index is 0.0574. The highest BCUT2D eigenvalue weighted by Crippen LogP contribution is 2.36. The van der Waals surface area contributed by atoms with Crippen molar-refractivity contribution in [3.63, 3.8) is 0 Å². The van der Waals surface area contributed by atoms with E-state index in [0.29, 0.717) is 22.9 Å². The van der Waals surface area contributed by atoms with Crippen molar-refractivity contribution in [2.45, 2.75) is 6.42 Å². The molecule has 0 aliphatic carbocycles. The summed E-state index contributed by atoms with van der Waals surface area (Å²) in [5.74, 6) is 0.925. The highest BCUT2D eigenvalue weighted by molar-refractivity contribution is 6.08. The molecule has 0 bridgehead atoms. The summed E-state index contributed by atoms with van der Waals surface area (Å²) in [6.45, 7) is 0.199. The minimum atomic E-state index is -0.431. The van der Waals surface area contributed by atoms with Gasteiger partial charge in [-0.1, -0.05) is 18.2 Å². The maximum atomic E-state index is 11.5. The molecule has 2 heterocycles. The molecule has 0 saturated carbocycles. The Labute approximate surface area is 154 Å². The van der Waals surface area contributed by atoms with Gasteiger partial charge in [-0.3, -0.25) is 4.79 Å². The number of anilines is 1. The van der Waals surface area contributed by atoms with Gasteiger partial charge >= 0.3 is 0 Å². The van der Waals surface area contributed by atoms with Crippen molar-refractivity contribution in [1.29, 1.82) is 0 Å². The summed E-state index contributed by atoms with van der Waals surface area (Å²) in [5.41, 5.74) is 14.4. The predicted octanol–water partition coefficient (Wildman–Crippen LogP) is 2.52. The van der Waals surface area contributed by atoms with E-state index >= 15 is 0 Å². The van der Waals surface area contributed by atoms with Crippen molar-refractivity contribution in [2.75, 3.05) is 12.5 Å². The average Bonchev–Trinajstić information content (AvgIpc) is 3.25. The Kier molecular flexibility index (Phi) is 3.24. The fraction of sp³-hybridized carbons (Fsp3) is 0.100. The molecule has 134 valence electrons. The van der Waals surface area contributed by atoms with Gasteiger partial charge < -0.3 is 20.9 Å². The van der Waals surface area contributed by atoms with Crippen molar-refractivity contribution >= 4 is 33.3 Å². The number of ether oxygens (including phenoxy) is 2. The van der Waals surface area contributed by atoms with Crippen LogP contribution < -0.4 is 20.9 Å². The fourth-order valence-corrected chi connectivity index (χ4v) is 3.51. The predicted molar refractivity (Wildman–Crippen MR) is 102 cm³/mol. The SMILES string of the molecule is NC(=O)Cc1nn(-c2ccc3c(c2)OCO3)c2c1ccc1ccc(N)cc12. The number of hydrogen-bond acceptors (Lipinski definition) is 5. The Morgan fingerprint density at radius 3 is 2.70 bits per heavy atom. The number of primary amides is 1. The summed E-state index contributed by atoms with van der Waals surface area (Å²) in [6.07, 6.45) is 0.0574. The molecular weight excluding hydrogens is 344 g/mol. The standard InChI is InChI=1S/C20H16N4O3/c21-12-3-1-11-2-5-14-16(9-19(22)25)23-24(20(14)15(11)7-12)13-4-6-17-18(8-13)27-10-26-17/h1-8H,9-10,21H2,(H2,22,25). The summed E-state index contributed by atoms with van der Waals surface area (Å²) in [7, 11) is 0. The third-order valence-electron chi connectivity index (χ3n) is 4.70. The molecule has 0 unspecified atom stereocenters. The van der Waals surface area contributed by atoms with Crippen LogP contribution in [0.3, 0.4) is 0 Å². The number of amides is 1. The third kappa shape index (κ3) is 2.43. The highest BCUT2D eigenvalue weighted by Gasteiger charge is 2.19. The third-order valence-corrected chi connectivity index (χ3v) is 4.70. The lowest BCUT2D eigenvalue weighted by Crippen LogP contribution is -2.14. The largest absolute Gasteiger partial charge is 0.454 e. The Bertz CT molecular complexity index is 1230. The number of rotatable bonds is 3. The van der Waals surface area contributed by atoms with Gasteiger partial charge in [-0.05, 0) is 29.7 Å². The van der Waals surface area contributed by atoms with Gasteiger partial charge in [0.15, 0.2) is 11.5 Å². The number of nitrogens with two attached hydrogens (primary N) is 2. The summed E-state index contributed by atoms with van der Waals surface area (Å²) in [5, 5.41) is 7.53. The lowest BCUT2D eigenvalue weighted by molar-refractivity contribution is -0.117. The van der Waals surface area contributed by atoms with Crippen molar-refractivity contribution < 1.29 is 14.3 Å². The lowest BCUT2D eigenvalue weighted by Gasteiger charge is -2.08. The van der Waals surface area contributed by atoms with Crippen LogP contribution in [0.4, 0.5) is 5.69 Å². The number of nitrogen functional groups attached to an aromatic ring is 1. The van der Waals surface area contributed by atoms with Gasteiger partial charge in [0.2, 0.25) is 12.7 Å². The molecule has 7 nitrogen and oxygen atoms in total. The molecule has 27 heavy (non-hydrogen) atoms. The molecule has 7 heteroatoms. The van der Waals surface area contributed by atoms with E-state index in [2.05, 4.69) is 5.10 Å². The second-order valence-corrected chi connectivity index (χ2v) is 6.48. The number of nitrogens with zero attached hydrogens (tertiary/aromatic N) is 2. The van der Waals surface area contributed by atoms with E-state index in [1.165, 1.54) is 0 Å². The van der Waals surface area contributed by atoms with E-state index in [4.69, 9.17) is 20.9 Å². The number of fused-ring (bicyclic) bond motifs is 4. The molecule has 1 aliphatic heterocycles. The zero-order valence-corrected chi connectivity index (χ0v) is 14.3. The van der Waals surface area contributed by atoms with E-state index in [1.54, 1.807) is 4.68 Å². The molecule has 1 aromatic heterocycles. The Morgan fingerprint density at radius 1 is 1.04 bits per heavy atom. The van der Waals surface area contributed by atoms with Crippen LogP contribution in [0, 0.1) is 0 Å². The van der Waals surface area contributed by atoms with E-state index < -0.39 is 5.91 Å². The van der Waals surface area contributed by atoms with Crippen LogP contribution in [-0.2, 0) is 11.2 Å². The van der Waals surface area contributed by atoms with Crippen LogP contribution in [0.2, 0.25) is 0 Å². The first-order valence-corrected chi connectivity index (χ1v) is 8.48. The van der Waals surface area contributed by atoms with Gasteiger partial charge in [0.05, 0.1) is 23.3 Å². The molecule has 0 spiro atoms. The van der Waals surface area contributed by atoms with Crippen LogP contribution in [0.15, 0.2) is 48.5 Å². The molecule has 4 aromatic rings. The quantitative estimate of drug-likeness (QED) is 0.546. The monoisotopic (exact) mass is 360 g/mol. The van der Waals surface area contributed by atoms with Gasteiger partial charge in [0, 0.05) is 22.5 Å². The average molecular weight is 360 g/mol. The van der Waals surface area contributed by atoms with Crippen molar-refractivity contribution in [2.24, 2.45) is 5.73 Å². The summed E-state index contributed by atoms with van der Waals surface area (Å²) in [6, 6.07) is 15.3. The smallest absolute Gasteiger partial charge is 0.231 e. The van der Waals surface area contributed by atoms with E-state index in [-0.39, 0.29) is 13.2 Å². The first-order valence-electron chi connectivity index (χ1n) is 8.48. The Morgan fingerprint density at radius 2 is 1.85 bits per heavy atom. The van der Waals surface area contributed by atoms with Gasteiger partial charge in [-0.25, -0.2) is 4.68 Å². The summed E-state index contributed by atoms with van der Waals surface area (Å²) in [4.78, 5) is 11.5. The number of benzene rings is 3. The fourth-order valence-electron chi connectivity index (χ4n) is 3.51. The first kappa shape index (κ1) is 15.5. The second kappa shape index (κ2) is 5.63. The van der Waals surface area contributed by atoms with Gasteiger partial charge in [0.25, 0.3) is 0 Å². The molecule has 0 saturated heterocycles. The van der Waals surface area contributed by atoms with E-state index in [9.17, 15) is 4.79 Å². The molecule has 5 rings (SSSR count). The van der Waals surface area contributed by atoms with Crippen LogP contribution in [0.5, 0.6) is 11.5 Å². The van der Waals surface area contributed by atoms with Crippen molar-refractivity contribution in [3.8, 4) is 17.2 Å². The van der Waals surface area contributed by atoms with Crippen LogP contribution in [0.1, 0.15) is 5.69 Å². The maximum Gasteiger partial charge on any atom is 0.231 e. The van der Waals surface area contributed by atoms with Crippen LogP contribution in [-0.4, -0.2) is 22.5 Å². The van der Waals surface area contributed by atoms with Gasteiger partial charge in [-0.2, -0.15) is 5.10 Å². The number of aromatic nitrogens is 2. The number of carbonyl (C=O) groups excluding carboxylic acids is 1. The van der Waals surface area contributed by atoms with Crippen molar-refractivity contribution in [3.05, 3.63) is 54.2 Å². The Balaban J connectivity index is 1.84. The molecule has 1 amide bonds. The van der Waals surface area contributed by atoms with Gasteiger partial charge in [-0.15, -0.1) is 0 Å². The van der Waals surface area contributed by atoms with Gasteiger partial charge in [0.1, 0.15) is 0 Å². The molecule has 1 aliphatic rings. The van der Waals surface area contributed by atoms with Crippen LogP contribution in [0.25, 0.3) is 27.4 Å². The lowest BCUT2D eigenvalue weighted by atomic mass is 10.0. The summed E-state index contributed by atoms with van der Waals surface area (Å²) >= 11 is 0. The number of carbonyl (C=O) groups is 1.